The smallest absolute Gasteiger partial charge is 0.408 e. The molecule has 3 amide bonds. The van der Waals surface area contributed by atoms with E-state index >= 15 is 0 Å². The van der Waals surface area contributed by atoms with Crippen LogP contribution < -0.4 is 5.32 Å². The monoisotopic (exact) mass is 459 g/mol. The van der Waals surface area contributed by atoms with Gasteiger partial charge in [-0.3, -0.25) is 9.59 Å². The predicted octanol–water partition coefficient (Wildman–Crippen LogP) is 2.39. The van der Waals surface area contributed by atoms with E-state index in [4.69, 9.17) is 4.74 Å². The summed E-state index contributed by atoms with van der Waals surface area (Å²) in [6, 6.07) is 6.87. The molecule has 0 aliphatic carbocycles. The van der Waals surface area contributed by atoms with Gasteiger partial charge in [0.15, 0.2) is 0 Å². The molecule has 4 atom stereocenters. The van der Waals surface area contributed by atoms with Crippen LogP contribution in [0.5, 0.6) is 0 Å². The lowest BCUT2D eigenvalue weighted by Crippen LogP contribution is -2.56. The van der Waals surface area contributed by atoms with Crippen molar-refractivity contribution in [2.75, 3.05) is 13.1 Å². The van der Waals surface area contributed by atoms with Crippen molar-refractivity contribution >= 4 is 23.9 Å². The van der Waals surface area contributed by atoms with E-state index in [2.05, 4.69) is 5.32 Å². The second-order valence-corrected chi connectivity index (χ2v) is 8.79. The highest BCUT2D eigenvalue weighted by Gasteiger charge is 2.44. The van der Waals surface area contributed by atoms with Gasteiger partial charge in [0.1, 0.15) is 24.7 Å². The molecular formula is C24H33N3O6. The highest BCUT2D eigenvalue weighted by Crippen LogP contribution is 2.26. The summed E-state index contributed by atoms with van der Waals surface area (Å²) in [6.07, 6.45) is 2.15. The maximum atomic E-state index is 13.5. The molecule has 2 N–H and O–H groups in total. The zero-order chi connectivity index (χ0) is 24.0. The highest BCUT2D eigenvalue weighted by molar-refractivity contribution is 5.93. The molecule has 2 aliphatic heterocycles. The Bertz CT molecular complexity index is 861. The Labute approximate surface area is 194 Å². The Morgan fingerprint density at radius 2 is 1.70 bits per heavy atom. The number of amides is 3. The van der Waals surface area contributed by atoms with Crippen molar-refractivity contribution in [1.29, 1.82) is 0 Å². The lowest BCUT2D eigenvalue weighted by molar-refractivity contribution is -0.152. The van der Waals surface area contributed by atoms with Gasteiger partial charge in [0, 0.05) is 13.1 Å². The number of rotatable bonds is 8. The van der Waals surface area contributed by atoms with Crippen LogP contribution in [-0.2, 0) is 25.7 Å². The fourth-order valence-corrected chi connectivity index (χ4v) is 4.52. The number of carbonyl (C=O) groups excluding carboxylic acids is 3. The maximum Gasteiger partial charge on any atom is 0.408 e. The van der Waals surface area contributed by atoms with Crippen LogP contribution in [0.15, 0.2) is 30.3 Å². The van der Waals surface area contributed by atoms with Gasteiger partial charge in [-0.25, -0.2) is 9.59 Å². The van der Waals surface area contributed by atoms with Gasteiger partial charge in [0.05, 0.1) is 0 Å². The number of hydrogen-bond donors (Lipinski definition) is 2. The molecule has 9 heteroatoms. The van der Waals surface area contributed by atoms with Crippen molar-refractivity contribution in [3.63, 3.8) is 0 Å². The number of aliphatic carboxylic acids is 1. The van der Waals surface area contributed by atoms with Crippen LogP contribution in [0.4, 0.5) is 4.79 Å². The standard InChI is InChI=1S/C24H33N3O6/c1-3-16(2)20(25-24(32)33-15-17-9-5-4-6-10-17)22(29)26-13-7-11-18(26)21(28)27-14-8-12-19(27)23(30)31/h4-6,9-10,16,18-20H,3,7-8,11-15H2,1-2H3,(H,25,32)(H,30,31)/t16-,18-,19-,20-/m0/s1. The van der Waals surface area contributed by atoms with Crippen LogP contribution in [0.3, 0.4) is 0 Å². The first-order chi connectivity index (χ1) is 15.8. The molecule has 0 bridgehead atoms. The molecule has 1 aromatic rings. The normalized spacial score (nSPS) is 22.0. The van der Waals surface area contributed by atoms with Crippen molar-refractivity contribution in [2.45, 2.75) is 70.7 Å². The SMILES string of the molecule is CC[C@H](C)[C@H](NC(=O)OCc1ccccc1)C(=O)N1CCC[C@H]1C(=O)N1CCC[C@H]1C(=O)O. The van der Waals surface area contributed by atoms with Gasteiger partial charge in [-0.15, -0.1) is 0 Å². The number of carboxylic acid groups (broad SMARTS) is 1. The van der Waals surface area contributed by atoms with Crippen molar-refractivity contribution in [1.82, 2.24) is 15.1 Å². The summed E-state index contributed by atoms with van der Waals surface area (Å²) >= 11 is 0. The maximum absolute atomic E-state index is 13.5. The second kappa shape index (κ2) is 11.2. The minimum atomic E-state index is -1.02. The lowest BCUT2D eigenvalue weighted by atomic mass is 9.97. The quantitative estimate of drug-likeness (QED) is 0.617. The Morgan fingerprint density at radius 1 is 1.06 bits per heavy atom. The summed E-state index contributed by atoms with van der Waals surface area (Å²) in [6.45, 7) is 4.66. The van der Waals surface area contributed by atoms with E-state index in [1.54, 1.807) is 0 Å². The topological polar surface area (TPSA) is 116 Å². The van der Waals surface area contributed by atoms with Crippen molar-refractivity contribution < 1.29 is 29.0 Å². The fraction of sp³-hybridized carbons (Fsp3) is 0.583. The summed E-state index contributed by atoms with van der Waals surface area (Å²) in [5.41, 5.74) is 0.836. The van der Waals surface area contributed by atoms with E-state index in [-0.39, 0.29) is 24.3 Å². The number of benzene rings is 1. The second-order valence-electron chi connectivity index (χ2n) is 8.79. The Hall–Kier alpha value is -3.10. The van der Waals surface area contributed by atoms with E-state index in [1.807, 2.05) is 44.2 Å². The Balaban J connectivity index is 1.68. The number of nitrogens with zero attached hydrogens (tertiary/aromatic N) is 2. The third-order valence-corrected chi connectivity index (χ3v) is 6.61. The van der Waals surface area contributed by atoms with E-state index in [1.165, 1.54) is 9.80 Å². The van der Waals surface area contributed by atoms with E-state index in [9.17, 15) is 24.3 Å². The molecule has 9 nitrogen and oxygen atoms in total. The van der Waals surface area contributed by atoms with Crippen molar-refractivity contribution in [3.05, 3.63) is 35.9 Å². The molecular weight excluding hydrogens is 426 g/mol. The molecule has 1 aromatic carbocycles. The molecule has 0 spiro atoms. The largest absolute Gasteiger partial charge is 0.480 e. The van der Waals surface area contributed by atoms with Gasteiger partial charge < -0.3 is 25.0 Å². The summed E-state index contributed by atoms with van der Waals surface area (Å²) in [7, 11) is 0. The van der Waals surface area contributed by atoms with Gasteiger partial charge in [-0.05, 0) is 37.2 Å². The minimum Gasteiger partial charge on any atom is -0.480 e. The Kier molecular flexibility index (Phi) is 8.30. The predicted molar refractivity (Wildman–Crippen MR) is 120 cm³/mol. The van der Waals surface area contributed by atoms with Crippen LogP contribution in [0.25, 0.3) is 0 Å². The molecule has 0 saturated carbocycles. The van der Waals surface area contributed by atoms with Gasteiger partial charge in [0.2, 0.25) is 11.8 Å². The molecule has 2 fully saturated rings. The fourth-order valence-electron chi connectivity index (χ4n) is 4.52. The van der Waals surface area contributed by atoms with Crippen molar-refractivity contribution in [3.8, 4) is 0 Å². The summed E-state index contributed by atoms with van der Waals surface area (Å²) in [5, 5.41) is 12.1. The first kappa shape index (κ1) is 24.5. The van der Waals surface area contributed by atoms with Crippen LogP contribution >= 0.6 is 0 Å². The highest BCUT2D eigenvalue weighted by atomic mass is 16.5. The molecule has 0 aromatic heterocycles. The molecule has 2 saturated heterocycles. The molecule has 2 heterocycles. The van der Waals surface area contributed by atoms with Gasteiger partial charge in [-0.1, -0.05) is 50.6 Å². The molecule has 0 radical (unpaired) electrons. The van der Waals surface area contributed by atoms with Crippen LogP contribution in [0, 0.1) is 5.92 Å². The molecule has 33 heavy (non-hydrogen) atoms. The van der Waals surface area contributed by atoms with E-state index in [0.29, 0.717) is 45.2 Å². The number of nitrogens with one attached hydrogen (secondary N) is 1. The first-order valence-corrected chi connectivity index (χ1v) is 11.6. The van der Waals surface area contributed by atoms with Gasteiger partial charge in [0.25, 0.3) is 0 Å². The van der Waals surface area contributed by atoms with Crippen molar-refractivity contribution in [2.24, 2.45) is 5.92 Å². The number of carbonyl (C=O) groups is 4. The van der Waals surface area contributed by atoms with E-state index in [0.717, 1.165) is 5.56 Å². The minimum absolute atomic E-state index is 0.0877. The zero-order valence-corrected chi connectivity index (χ0v) is 19.2. The van der Waals surface area contributed by atoms with Crippen LogP contribution in [0.2, 0.25) is 0 Å². The lowest BCUT2D eigenvalue weighted by Gasteiger charge is -2.33. The molecule has 0 unspecified atom stereocenters. The number of alkyl carbamates (subject to hydrolysis) is 1. The molecule has 180 valence electrons. The number of hydrogen-bond acceptors (Lipinski definition) is 5. The average Bonchev–Trinajstić information content (AvgIpc) is 3.50. The molecule has 2 aliphatic rings. The third kappa shape index (κ3) is 5.83. The number of likely N-dealkylation sites (tertiary alicyclic amines) is 2. The molecule has 3 rings (SSSR count). The van der Waals surface area contributed by atoms with E-state index < -0.39 is 30.2 Å². The number of ether oxygens (including phenoxy) is 1. The summed E-state index contributed by atoms with van der Waals surface area (Å²) in [5.74, 6) is -1.84. The van der Waals surface area contributed by atoms with Crippen LogP contribution in [-0.4, -0.2) is 70.0 Å². The van der Waals surface area contributed by atoms with Crippen LogP contribution in [0.1, 0.15) is 51.5 Å². The summed E-state index contributed by atoms with van der Waals surface area (Å²) < 4.78 is 5.30. The summed E-state index contributed by atoms with van der Waals surface area (Å²) in [4.78, 5) is 53.5. The van der Waals surface area contributed by atoms with Gasteiger partial charge >= 0.3 is 12.1 Å². The number of carboxylic acids is 1. The average molecular weight is 460 g/mol. The zero-order valence-electron chi connectivity index (χ0n) is 19.2. The Morgan fingerprint density at radius 3 is 2.33 bits per heavy atom. The third-order valence-electron chi connectivity index (χ3n) is 6.61. The first-order valence-electron chi connectivity index (χ1n) is 11.6. The van der Waals surface area contributed by atoms with Gasteiger partial charge in [-0.2, -0.15) is 0 Å².